The second kappa shape index (κ2) is 9.88. The van der Waals surface area contributed by atoms with Crippen LogP contribution in [0.4, 0.5) is 11.5 Å². The summed E-state index contributed by atoms with van der Waals surface area (Å²) in [6, 6.07) is 18.3. The summed E-state index contributed by atoms with van der Waals surface area (Å²) in [5, 5.41) is 7.56. The van der Waals surface area contributed by atoms with Crippen LogP contribution in [0.3, 0.4) is 0 Å². The molecule has 7 nitrogen and oxygen atoms in total. The number of hydrogen-bond donors (Lipinski definition) is 2. The normalized spacial score (nSPS) is 15.1. The van der Waals surface area contributed by atoms with Gasteiger partial charge in [-0.05, 0) is 49.9 Å². The number of ether oxygens (including phenoxy) is 1. The molecule has 4 aromatic rings. The molecule has 1 amide bonds. The summed E-state index contributed by atoms with van der Waals surface area (Å²) in [7, 11) is 1.75. The lowest BCUT2D eigenvalue weighted by atomic mass is 9.93. The molecular formula is C28H31N5O2. The molecule has 0 aliphatic heterocycles. The van der Waals surface area contributed by atoms with Gasteiger partial charge in [-0.2, -0.15) is 4.98 Å². The van der Waals surface area contributed by atoms with Crippen molar-refractivity contribution in [2.45, 2.75) is 52.2 Å². The number of carbonyl (C=O) groups is 1. The third kappa shape index (κ3) is 4.51. The molecule has 5 rings (SSSR count). The fourth-order valence-corrected chi connectivity index (χ4v) is 4.84. The number of benzene rings is 2. The van der Waals surface area contributed by atoms with Crippen molar-refractivity contribution in [1.82, 2.24) is 14.5 Å². The van der Waals surface area contributed by atoms with E-state index in [0.717, 1.165) is 58.6 Å². The Morgan fingerprint density at radius 1 is 1.14 bits per heavy atom. The lowest BCUT2D eigenvalue weighted by molar-refractivity contribution is -0.115. The monoisotopic (exact) mass is 469 g/mol. The van der Waals surface area contributed by atoms with E-state index >= 15 is 0 Å². The lowest BCUT2D eigenvalue weighted by Crippen LogP contribution is -2.20. The fraction of sp³-hybridized carbons (Fsp3) is 0.321. The highest BCUT2D eigenvalue weighted by Gasteiger charge is 2.27. The van der Waals surface area contributed by atoms with Crippen molar-refractivity contribution < 1.29 is 9.53 Å². The largest absolute Gasteiger partial charge is 0.375 e. The van der Waals surface area contributed by atoms with E-state index in [1.807, 2.05) is 50.2 Å². The van der Waals surface area contributed by atoms with E-state index in [-0.39, 0.29) is 12.0 Å². The molecule has 1 unspecified atom stereocenters. The maximum absolute atomic E-state index is 12.1. The number of nitrogens with one attached hydrogen (secondary N) is 2. The van der Waals surface area contributed by atoms with Gasteiger partial charge in [0.2, 0.25) is 11.9 Å². The Balaban J connectivity index is 1.62. The predicted molar refractivity (Wildman–Crippen MR) is 139 cm³/mol. The van der Waals surface area contributed by atoms with Crippen LogP contribution in [0.2, 0.25) is 0 Å². The van der Waals surface area contributed by atoms with E-state index in [2.05, 4.69) is 33.4 Å². The Kier molecular flexibility index (Phi) is 6.51. The molecular weight excluding hydrogens is 438 g/mol. The average molecular weight is 470 g/mol. The van der Waals surface area contributed by atoms with Gasteiger partial charge in [0.15, 0.2) is 0 Å². The number of aryl methyl sites for hydroxylation is 1. The van der Waals surface area contributed by atoms with Crippen molar-refractivity contribution in [3.8, 4) is 5.95 Å². The first-order valence-electron chi connectivity index (χ1n) is 12.2. The summed E-state index contributed by atoms with van der Waals surface area (Å²) >= 11 is 0. The summed E-state index contributed by atoms with van der Waals surface area (Å²) in [6.07, 6.45) is 3.28. The van der Waals surface area contributed by atoms with Gasteiger partial charge >= 0.3 is 0 Å². The SMILES string of the molecule is CCC(=O)Nc1cccc2c1cc(C)n2-c1nc(NCc2ccccc2)c2c(n1)C(OC)CCC2. The van der Waals surface area contributed by atoms with Gasteiger partial charge in [0.1, 0.15) is 5.82 Å². The second-order valence-electron chi connectivity index (χ2n) is 8.95. The molecule has 0 saturated heterocycles. The van der Waals surface area contributed by atoms with Crippen LogP contribution in [-0.4, -0.2) is 27.6 Å². The molecule has 2 aromatic carbocycles. The van der Waals surface area contributed by atoms with Crippen molar-refractivity contribution in [2.24, 2.45) is 0 Å². The number of methoxy groups -OCH3 is 1. The molecule has 0 saturated carbocycles. The second-order valence-corrected chi connectivity index (χ2v) is 8.95. The maximum atomic E-state index is 12.1. The molecule has 1 aliphatic rings. The zero-order valence-electron chi connectivity index (χ0n) is 20.5. The molecule has 0 radical (unpaired) electrons. The van der Waals surface area contributed by atoms with Crippen molar-refractivity contribution in [3.63, 3.8) is 0 Å². The van der Waals surface area contributed by atoms with E-state index in [9.17, 15) is 4.79 Å². The van der Waals surface area contributed by atoms with Crippen LogP contribution in [0, 0.1) is 6.92 Å². The topological polar surface area (TPSA) is 81.1 Å². The standard InChI is InChI=1S/C28H31N5O2/c1-4-25(34)30-22-13-9-14-23-21(22)16-18(2)33(23)28-31-26-20(12-8-15-24(26)35-3)27(32-28)29-17-19-10-6-5-7-11-19/h5-7,9-11,13-14,16,24H,4,8,12,15,17H2,1-3H3,(H,30,34)(H,29,31,32). The number of fused-ring (bicyclic) bond motifs is 2. The molecule has 0 spiro atoms. The molecule has 1 atom stereocenters. The van der Waals surface area contributed by atoms with Gasteiger partial charge in [0, 0.05) is 36.7 Å². The molecule has 0 bridgehead atoms. The molecule has 7 heteroatoms. The molecule has 1 aliphatic carbocycles. The fourth-order valence-electron chi connectivity index (χ4n) is 4.84. The quantitative estimate of drug-likeness (QED) is 0.362. The van der Waals surface area contributed by atoms with Crippen LogP contribution in [0.5, 0.6) is 0 Å². The summed E-state index contributed by atoms with van der Waals surface area (Å²) < 4.78 is 7.89. The van der Waals surface area contributed by atoms with Crippen LogP contribution >= 0.6 is 0 Å². The van der Waals surface area contributed by atoms with Crippen LogP contribution in [0.1, 0.15) is 54.8 Å². The van der Waals surface area contributed by atoms with Crippen LogP contribution < -0.4 is 10.6 Å². The summed E-state index contributed by atoms with van der Waals surface area (Å²) in [5.41, 5.74) is 6.03. The first kappa shape index (κ1) is 23.1. The highest BCUT2D eigenvalue weighted by molar-refractivity contribution is 6.02. The van der Waals surface area contributed by atoms with Gasteiger partial charge in [0.05, 0.1) is 23.0 Å². The first-order valence-corrected chi connectivity index (χ1v) is 12.2. The first-order chi connectivity index (χ1) is 17.1. The van der Waals surface area contributed by atoms with Crippen LogP contribution in [0.15, 0.2) is 54.6 Å². The number of aromatic nitrogens is 3. The number of anilines is 2. The predicted octanol–water partition coefficient (Wildman–Crippen LogP) is 5.71. The summed E-state index contributed by atoms with van der Waals surface area (Å²) in [6.45, 7) is 4.57. The zero-order valence-corrected chi connectivity index (χ0v) is 20.5. The lowest BCUT2D eigenvalue weighted by Gasteiger charge is -2.26. The Morgan fingerprint density at radius 2 is 1.97 bits per heavy atom. The molecule has 180 valence electrons. The summed E-state index contributed by atoms with van der Waals surface area (Å²) in [5.74, 6) is 1.45. The number of hydrogen-bond acceptors (Lipinski definition) is 5. The number of rotatable bonds is 7. The number of nitrogens with zero attached hydrogens (tertiary/aromatic N) is 3. The molecule has 2 N–H and O–H groups in total. The van der Waals surface area contributed by atoms with Crippen molar-refractivity contribution >= 4 is 28.3 Å². The minimum absolute atomic E-state index is 0.0109. The van der Waals surface area contributed by atoms with Gasteiger partial charge in [-0.25, -0.2) is 4.98 Å². The van der Waals surface area contributed by atoms with Crippen molar-refractivity contribution in [1.29, 1.82) is 0 Å². The van der Waals surface area contributed by atoms with Gasteiger partial charge in [-0.1, -0.05) is 43.3 Å². The minimum atomic E-state index is -0.0562. The van der Waals surface area contributed by atoms with E-state index in [4.69, 9.17) is 14.7 Å². The highest BCUT2D eigenvalue weighted by atomic mass is 16.5. The van der Waals surface area contributed by atoms with Crippen LogP contribution in [0.25, 0.3) is 16.9 Å². The molecule has 2 aromatic heterocycles. The van der Waals surface area contributed by atoms with Gasteiger partial charge < -0.3 is 15.4 Å². The van der Waals surface area contributed by atoms with E-state index in [0.29, 0.717) is 18.9 Å². The Hall–Kier alpha value is -3.71. The Morgan fingerprint density at radius 3 is 2.74 bits per heavy atom. The van der Waals surface area contributed by atoms with E-state index in [1.165, 1.54) is 5.56 Å². The third-order valence-electron chi connectivity index (χ3n) is 6.64. The Labute approximate surface area is 205 Å². The average Bonchev–Trinajstić information content (AvgIpc) is 3.24. The van der Waals surface area contributed by atoms with Crippen molar-refractivity contribution in [3.05, 3.63) is 77.1 Å². The minimum Gasteiger partial charge on any atom is -0.375 e. The third-order valence-corrected chi connectivity index (χ3v) is 6.64. The van der Waals surface area contributed by atoms with Crippen molar-refractivity contribution in [2.75, 3.05) is 17.7 Å². The molecule has 0 fully saturated rings. The van der Waals surface area contributed by atoms with Gasteiger partial charge in [-0.3, -0.25) is 9.36 Å². The molecule has 35 heavy (non-hydrogen) atoms. The number of amides is 1. The van der Waals surface area contributed by atoms with Gasteiger partial charge in [-0.15, -0.1) is 0 Å². The summed E-state index contributed by atoms with van der Waals surface area (Å²) in [4.78, 5) is 22.2. The van der Waals surface area contributed by atoms with Gasteiger partial charge in [0.25, 0.3) is 0 Å². The van der Waals surface area contributed by atoms with Crippen LogP contribution in [-0.2, 0) is 22.5 Å². The van der Waals surface area contributed by atoms with E-state index < -0.39 is 0 Å². The molecule has 2 heterocycles. The Bertz CT molecular complexity index is 1360. The maximum Gasteiger partial charge on any atom is 0.236 e. The van der Waals surface area contributed by atoms with E-state index in [1.54, 1.807) is 7.11 Å². The highest BCUT2D eigenvalue weighted by Crippen LogP contribution is 2.36. The number of carbonyl (C=O) groups excluding carboxylic acids is 1. The zero-order chi connectivity index (χ0) is 24.4. The smallest absolute Gasteiger partial charge is 0.236 e.